The maximum atomic E-state index is 13.1. The molecule has 0 aliphatic rings. The molecule has 0 saturated carbocycles. The van der Waals surface area contributed by atoms with Crippen molar-refractivity contribution < 1.29 is 9.18 Å². The third kappa shape index (κ3) is 2.89. The second-order valence-corrected chi connectivity index (χ2v) is 6.55. The summed E-state index contributed by atoms with van der Waals surface area (Å²) in [4.78, 5) is 17.2. The van der Waals surface area contributed by atoms with Crippen LogP contribution in [0.25, 0.3) is 5.65 Å². The van der Waals surface area contributed by atoms with E-state index >= 15 is 0 Å². The SMILES string of the molecule is Cc1cc(C)n2ccc(C(=O)NC(C)(C)c3ccc(F)cc3)c2n1. The van der Waals surface area contributed by atoms with Gasteiger partial charge in [0.15, 0.2) is 0 Å². The number of fused-ring (bicyclic) bond motifs is 1. The predicted octanol–water partition coefficient (Wildman–Crippen LogP) is 3.76. The Balaban J connectivity index is 1.93. The van der Waals surface area contributed by atoms with Gasteiger partial charge in [-0.25, -0.2) is 9.37 Å². The molecule has 4 nitrogen and oxygen atoms in total. The van der Waals surface area contributed by atoms with Crippen LogP contribution in [0.1, 0.15) is 41.2 Å². The van der Waals surface area contributed by atoms with Crippen molar-refractivity contribution in [3.63, 3.8) is 0 Å². The van der Waals surface area contributed by atoms with Gasteiger partial charge in [-0.2, -0.15) is 0 Å². The van der Waals surface area contributed by atoms with Gasteiger partial charge in [-0.05, 0) is 57.5 Å². The number of benzene rings is 1. The predicted molar refractivity (Wildman–Crippen MR) is 91.6 cm³/mol. The monoisotopic (exact) mass is 325 g/mol. The Morgan fingerprint density at radius 1 is 1.17 bits per heavy atom. The molecule has 3 aromatic rings. The Kier molecular flexibility index (Phi) is 3.87. The van der Waals surface area contributed by atoms with E-state index in [0.29, 0.717) is 11.2 Å². The summed E-state index contributed by atoms with van der Waals surface area (Å²) in [6.45, 7) is 7.66. The molecule has 0 unspecified atom stereocenters. The van der Waals surface area contributed by atoms with Crippen LogP contribution in [0, 0.1) is 19.7 Å². The van der Waals surface area contributed by atoms with Crippen molar-refractivity contribution in [1.29, 1.82) is 0 Å². The van der Waals surface area contributed by atoms with Crippen LogP contribution in [0.4, 0.5) is 4.39 Å². The molecule has 124 valence electrons. The van der Waals surface area contributed by atoms with Gasteiger partial charge in [-0.1, -0.05) is 12.1 Å². The van der Waals surface area contributed by atoms with Crippen LogP contribution in [-0.4, -0.2) is 15.3 Å². The Morgan fingerprint density at radius 2 is 1.83 bits per heavy atom. The highest BCUT2D eigenvalue weighted by Crippen LogP contribution is 2.22. The van der Waals surface area contributed by atoms with E-state index in [-0.39, 0.29) is 11.7 Å². The highest BCUT2D eigenvalue weighted by atomic mass is 19.1. The molecule has 0 aliphatic heterocycles. The minimum absolute atomic E-state index is 0.204. The van der Waals surface area contributed by atoms with Crippen LogP contribution in [0.2, 0.25) is 0 Å². The van der Waals surface area contributed by atoms with Crippen molar-refractivity contribution in [3.8, 4) is 0 Å². The lowest BCUT2D eigenvalue weighted by molar-refractivity contribution is 0.0913. The van der Waals surface area contributed by atoms with Crippen molar-refractivity contribution in [2.75, 3.05) is 0 Å². The van der Waals surface area contributed by atoms with Gasteiger partial charge >= 0.3 is 0 Å². The average Bonchev–Trinajstić information content (AvgIpc) is 2.91. The summed E-state index contributed by atoms with van der Waals surface area (Å²) >= 11 is 0. The second kappa shape index (κ2) is 5.74. The zero-order valence-corrected chi connectivity index (χ0v) is 14.2. The zero-order valence-electron chi connectivity index (χ0n) is 14.2. The van der Waals surface area contributed by atoms with Gasteiger partial charge in [-0.15, -0.1) is 0 Å². The number of aromatic nitrogens is 2. The fourth-order valence-electron chi connectivity index (χ4n) is 2.86. The van der Waals surface area contributed by atoms with Gasteiger partial charge in [0.25, 0.3) is 5.91 Å². The highest BCUT2D eigenvalue weighted by molar-refractivity contribution is 6.00. The summed E-state index contributed by atoms with van der Waals surface area (Å²) in [5.74, 6) is -0.501. The van der Waals surface area contributed by atoms with Crippen LogP contribution in [-0.2, 0) is 5.54 Å². The van der Waals surface area contributed by atoms with Gasteiger partial charge in [0, 0.05) is 17.6 Å². The molecular formula is C19H20FN3O. The number of hydrogen-bond donors (Lipinski definition) is 1. The quantitative estimate of drug-likeness (QED) is 0.797. The standard InChI is InChI=1S/C19H20FN3O/c1-12-11-13(2)23-10-9-16(17(23)21-12)18(24)22-19(3,4)14-5-7-15(20)8-6-14/h5-11H,1-4H3,(H,22,24). The fraction of sp³-hybridized carbons (Fsp3) is 0.263. The van der Waals surface area contributed by atoms with Gasteiger partial charge in [0.2, 0.25) is 0 Å². The Morgan fingerprint density at radius 3 is 2.50 bits per heavy atom. The van der Waals surface area contributed by atoms with E-state index in [1.807, 2.05) is 44.4 Å². The lowest BCUT2D eigenvalue weighted by Crippen LogP contribution is -2.41. The summed E-state index contributed by atoms with van der Waals surface area (Å²) < 4.78 is 15.0. The van der Waals surface area contributed by atoms with Crippen LogP contribution < -0.4 is 5.32 Å². The number of carbonyl (C=O) groups excluding carboxylic acids is 1. The van der Waals surface area contributed by atoms with E-state index < -0.39 is 5.54 Å². The lowest BCUT2D eigenvalue weighted by atomic mass is 9.94. The number of hydrogen-bond acceptors (Lipinski definition) is 2. The van der Waals surface area contributed by atoms with Gasteiger partial charge in [0.1, 0.15) is 11.5 Å². The molecule has 0 saturated heterocycles. The molecule has 0 atom stereocenters. The molecule has 1 aromatic carbocycles. The first-order chi connectivity index (χ1) is 11.3. The maximum Gasteiger partial charge on any atom is 0.255 e. The third-order valence-electron chi connectivity index (χ3n) is 4.18. The summed E-state index contributed by atoms with van der Waals surface area (Å²) in [6.07, 6.45) is 1.84. The Labute approximate surface area is 140 Å². The molecule has 0 aliphatic carbocycles. The molecule has 3 rings (SSSR count). The normalized spacial score (nSPS) is 11.7. The molecule has 0 fully saturated rings. The van der Waals surface area contributed by atoms with E-state index in [4.69, 9.17) is 0 Å². The number of aryl methyl sites for hydroxylation is 2. The van der Waals surface area contributed by atoms with Crippen LogP contribution >= 0.6 is 0 Å². The van der Waals surface area contributed by atoms with E-state index in [1.54, 1.807) is 18.2 Å². The molecule has 2 heterocycles. The number of rotatable bonds is 3. The smallest absolute Gasteiger partial charge is 0.255 e. The van der Waals surface area contributed by atoms with Gasteiger partial charge < -0.3 is 9.72 Å². The molecule has 0 spiro atoms. The van der Waals surface area contributed by atoms with E-state index in [2.05, 4.69) is 10.3 Å². The van der Waals surface area contributed by atoms with Crippen LogP contribution in [0.5, 0.6) is 0 Å². The summed E-state index contributed by atoms with van der Waals surface area (Å²) in [6, 6.07) is 9.89. The molecule has 1 N–H and O–H groups in total. The average molecular weight is 325 g/mol. The molecule has 5 heteroatoms. The Hall–Kier alpha value is -2.69. The summed E-state index contributed by atoms with van der Waals surface area (Å²) in [5.41, 5.74) is 3.26. The minimum Gasteiger partial charge on any atom is -0.343 e. The molecule has 2 aromatic heterocycles. The van der Waals surface area contributed by atoms with Crippen molar-refractivity contribution >= 4 is 11.6 Å². The van der Waals surface area contributed by atoms with E-state index in [0.717, 1.165) is 17.0 Å². The van der Waals surface area contributed by atoms with Crippen molar-refractivity contribution in [2.45, 2.75) is 33.2 Å². The molecule has 0 radical (unpaired) electrons. The number of amides is 1. The highest BCUT2D eigenvalue weighted by Gasteiger charge is 2.25. The first-order valence-electron chi connectivity index (χ1n) is 7.82. The van der Waals surface area contributed by atoms with Crippen LogP contribution in [0.3, 0.4) is 0 Å². The molecule has 0 bridgehead atoms. The van der Waals surface area contributed by atoms with Crippen molar-refractivity contribution in [2.24, 2.45) is 0 Å². The summed E-state index contributed by atoms with van der Waals surface area (Å²) in [7, 11) is 0. The van der Waals surface area contributed by atoms with Crippen LogP contribution in [0.15, 0.2) is 42.6 Å². The van der Waals surface area contributed by atoms with Gasteiger partial charge in [0.05, 0.1) is 11.1 Å². The number of carbonyl (C=O) groups is 1. The third-order valence-corrected chi connectivity index (χ3v) is 4.18. The van der Waals surface area contributed by atoms with Crippen molar-refractivity contribution in [1.82, 2.24) is 14.7 Å². The lowest BCUT2D eigenvalue weighted by Gasteiger charge is -2.26. The summed E-state index contributed by atoms with van der Waals surface area (Å²) in [5, 5.41) is 3.01. The topological polar surface area (TPSA) is 46.4 Å². The van der Waals surface area contributed by atoms with Gasteiger partial charge in [-0.3, -0.25) is 4.79 Å². The fourth-order valence-corrected chi connectivity index (χ4v) is 2.86. The molecule has 1 amide bonds. The largest absolute Gasteiger partial charge is 0.343 e. The number of nitrogens with zero attached hydrogens (tertiary/aromatic N) is 2. The molecule has 24 heavy (non-hydrogen) atoms. The van der Waals surface area contributed by atoms with E-state index in [1.165, 1.54) is 12.1 Å². The first-order valence-corrected chi connectivity index (χ1v) is 7.82. The second-order valence-electron chi connectivity index (χ2n) is 6.55. The minimum atomic E-state index is -0.627. The van der Waals surface area contributed by atoms with E-state index in [9.17, 15) is 9.18 Å². The van der Waals surface area contributed by atoms with Crippen molar-refractivity contribution in [3.05, 3.63) is 70.9 Å². The molecular weight excluding hydrogens is 305 g/mol. The Bertz CT molecular complexity index is 910. The number of halogens is 1. The maximum absolute atomic E-state index is 13.1. The zero-order chi connectivity index (χ0) is 17.5. The first kappa shape index (κ1) is 16.2. The number of nitrogens with one attached hydrogen (secondary N) is 1.